The van der Waals surface area contributed by atoms with E-state index in [2.05, 4.69) is 15.0 Å². The lowest BCUT2D eigenvalue weighted by atomic mass is 10.1. The number of ether oxygens (including phenoxy) is 2. The van der Waals surface area contributed by atoms with Gasteiger partial charge >= 0.3 is 6.18 Å². The summed E-state index contributed by atoms with van der Waals surface area (Å²) >= 11 is 0. The predicted molar refractivity (Wildman–Crippen MR) is 112 cm³/mol. The van der Waals surface area contributed by atoms with Crippen molar-refractivity contribution in [3.05, 3.63) is 59.5 Å². The van der Waals surface area contributed by atoms with Gasteiger partial charge in [-0.05, 0) is 61.8 Å². The van der Waals surface area contributed by atoms with Crippen LogP contribution < -0.4 is 9.47 Å². The van der Waals surface area contributed by atoms with Crippen molar-refractivity contribution < 1.29 is 27.2 Å². The van der Waals surface area contributed by atoms with E-state index in [1.54, 1.807) is 13.2 Å². The molecule has 3 aromatic rings. The molecule has 1 aromatic heterocycles. The zero-order valence-electron chi connectivity index (χ0n) is 17.7. The monoisotopic (exact) mass is 447 g/mol. The highest BCUT2D eigenvalue weighted by molar-refractivity contribution is 5.60. The maximum atomic E-state index is 12.7. The van der Waals surface area contributed by atoms with E-state index in [0.29, 0.717) is 40.9 Å². The molecular formula is C23H24F3N3O3. The molecule has 0 radical (unpaired) electrons. The summed E-state index contributed by atoms with van der Waals surface area (Å²) in [7, 11) is 1.57. The van der Waals surface area contributed by atoms with E-state index in [9.17, 15) is 13.2 Å². The molecule has 0 amide bonds. The first-order valence-electron chi connectivity index (χ1n) is 10.4. The van der Waals surface area contributed by atoms with Gasteiger partial charge in [0.25, 0.3) is 0 Å². The molecule has 0 bridgehead atoms. The van der Waals surface area contributed by atoms with E-state index in [4.69, 9.17) is 14.0 Å². The number of halogens is 3. The highest BCUT2D eigenvalue weighted by Gasteiger charge is 2.30. The lowest BCUT2D eigenvalue weighted by molar-refractivity contribution is -0.137. The molecule has 32 heavy (non-hydrogen) atoms. The molecule has 1 fully saturated rings. The maximum Gasteiger partial charge on any atom is 0.416 e. The lowest BCUT2D eigenvalue weighted by Gasteiger charge is -2.16. The van der Waals surface area contributed by atoms with Crippen LogP contribution in [0.3, 0.4) is 0 Å². The third kappa shape index (κ3) is 5.40. The van der Waals surface area contributed by atoms with Crippen LogP contribution in [0, 0.1) is 0 Å². The van der Waals surface area contributed by atoms with Crippen molar-refractivity contribution >= 4 is 0 Å². The first kappa shape index (κ1) is 22.1. The predicted octanol–water partition coefficient (Wildman–Crippen LogP) is 4.83. The van der Waals surface area contributed by atoms with Gasteiger partial charge in [0.2, 0.25) is 11.7 Å². The minimum Gasteiger partial charge on any atom is -0.493 e. The molecule has 4 rings (SSSR count). The van der Waals surface area contributed by atoms with E-state index in [-0.39, 0.29) is 6.42 Å². The summed E-state index contributed by atoms with van der Waals surface area (Å²) in [4.78, 5) is 6.74. The standard InChI is InChI=1S/C23H24F3N3O3/c1-30-20-15-17(6-9-19(20)31-13-12-29-10-2-3-11-29)22-27-21(32-28-22)14-16-4-7-18(8-5-16)23(24,25)26/h4-9,15H,2-3,10-14H2,1H3. The first-order valence-corrected chi connectivity index (χ1v) is 10.4. The second kappa shape index (κ2) is 9.60. The van der Waals surface area contributed by atoms with Gasteiger partial charge in [-0.2, -0.15) is 18.2 Å². The normalized spacial score (nSPS) is 14.6. The quantitative estimate of drug-likeness (QED) is 0.493. The number of alkyl halides is 3. The van der Waals surface area contributed by atoms with Gasteiger partial charge in [0.1, 0.15) is 6.61 Å². The van der Waals surface area contributed by atoms with Crippen molar-refractivity contribution in [2.24, 2.45) is 0 Å². The Bertz CT molecular complexity index is 1030. The molecule has 2 heterocycles. The van der Waals surface area contributed by atoms with Crippen LogP contribution in [0.15, 0.2) is 47.0 Å². The zero-order chi connectivity index (χ0) is 22.6. The number of likely N-dealkylation sites (tertiary alicyclic amines) is 1. The summed E-state index contributed by atoms with van der Waals surface area (Å²) in [6, 6.07) is 10.3. The second-order valence-electron chi connectivity index (χ2n) is 7.65. The van der Waals surface area contributed by atoms with Crippen molar-refractivity contribution in [2.45, 2.75) is 25.4 Å². The van der Waals surface area contributed by atoms with Crippen LogP contribution in [0.2, 0.25) is 0 Å². The molecule has 0 unspecified atom stereocenters. The Labute approximate surface area is 183 Å². The molecule has 2 aromatic carbocycles. The lowest BCUT2D eigenvalue weighted by Crippen LogP contribution is -2.25. The SMILES string of the molecule is COc1cc(-c2noc(Cc3ccc(C(F)(F)F)cc3)n2)ccc1OCCN1CCCC1. The maximum absolute atomic E-state index is 12.7. The average Bonchev–Trinajstić information content (AvgIpc) is 3.46. The van der Waals surface area contributed by atoms with E-state index < -0.39 is 11.7 Å². The van der Waals surface area contributed by atoms with Crippen LogP contribution in [-0.2, 0) is 12.6 Å². The average molecular weight is 447 g/mol. The van der Waals surface area contributed by atoms with Gasteiger partial charge in [0.15, 0.2) is 11.5 Å². The van der Waals surface area contributed by atoms with Gasteiger partial charge in [0, 0.05) is 12.1 Å². The Balaban J connectivity index is 1.40. The highest BCUT2D eigenvalue weighted by atomic mass is 19.4. The fourth-order valence-electron chi connectivity index (χ4n) is 3.65. The van der Waals surface area contributed by atoms with E-state index >= 15 is 0 Å². The molecule has 9 heteroatoms. The Morgan fingerprint density at radius 1 is 1.03 bits per heavy atom. The van der Waals surface area contributed by atoms with E-state index in [1.165, 1.54) is 25.0 Å². The third-order valence-corrected chi connectivity index (χ3v) is 5.39. The minimum atomic E-state index is -4.36. The Morgan fingerprint density at radius 2 is 1.78 bits per heavy atom. The van der Waals surface area contributed by atoms with Gasteiger partial charge in [-0.1, -0.05) is 17.3 Å². The van der Waals surface area contributed by atoms with Crippen molar-refractivity contribution in [1.29, 1.82) is 0 Å². The van der Waals surface area contributed by atoms with E-state index in [1.807, 2.05) is 12.1 Å². The van der Waals surface area contributed by atoms with Crippen molar-refractivity contribution in [3.8, 4) is 22.9 Å². The van der Waals surface area contributed by atoms with Gasteiger partial charge in [0.05, 0.1) is 19.1 Å². The van der Waals surface area contributed by atoms with Crippen LogP contribution in [0.25, 0.3) is 11.4 Å². The molecule has 0 aliphatic carbocycles. The molecule has 1 aliphatic heterocycles. The van der Waals surface area contributed by atoms with Gasteiger partial charge in [-0.25, -0.2) is 0 Å². The molecule has 170 valence electrons. The largest absolute Gasteiger partial charge is 0.493 e. The first-order chi connectivity index (χ1) is 15.4. The number of benzene rings is 2. The molecule has 0 spiro atoms. The third-order valence-electron chi connectivity index (χ3n) is 5.39. The van der Waals surface area contributed by atoms with Gasteiger partial charge in [-0.3, -0.25) is 4.90 Å². The summed E-state index contributed by atoms with van der Waals surface area (Å²) < 4.78 is 54.7. The topological polar surface area (TPSA) is 60.6 Å². The molecule has 6 nitrogen and oxygen atoms in total. The van der Waals surface area contributed by atoms with Crippen LogP contribution in [0.4, 0.5) is 13.2 Å². The van der Waals surface area contributed by atoms with Crippen LogP contribution in [0.5, 0.6) is 11.5 Å². The molecule has 0 saturated carbocycles. The van der Waals surface area contributed by atoms with Crippen molar-refractivity contribution in [3.63, 3.8) is 0 Å². The van der Waals surface area contributed by atoms with Gasteiger partial charge in [-0.15, -0.1) is 0 Å². The molecule has 1 saturated heterocycles. The van der Waals surface area contributed by atoms with E-state index in [0.717, 1.165) is 31.8 Å². The number of rotatable bonds is 8. The fraction of sp³-hybridized carbons (Fsp3) is 0.391. The Morgan fingerprint density at radius 3 is 2.47 bits per heavy atom. The van der Waals surface area contributed by atoms with Crippen molar-refractivity contribution in [1.82, 2.24) is 15.0 Å². The van der Waals surface area contributed by atoms with Crippen molar-refractivity contribution in [2.75, 3.05) is 33.4 Å². The number of hydrogen-bond acceptors (Lipinski definition) is 6. The molecular weight excluding hydrogens is 423 g/mol. The highest BCUT2D eigenvalue weighted by Crippen LogP contribution is 2.32. The summed E-state index contributed by atoms with van der Waals surface area (Å²) in [5.74, 6) is 1.89. The van der Waals surface area contributed by atoms with Crippen LogP contribution in [0.1, 0.15) is 29.9 Å². The number of methoxy groups -OCH3 is 1. The second-order valence-corrected chi connectivity index (χ2v) is 7.65. The Hall–Kier alpha value is -3.07. The summed E-state index contributed by atoms with van der Waals surface area (Å²) in [5, 5.41) is 3.99. The van der Waals surface area contributed by atoms with Crippen LogP contribution >= 0.6 is 0 Å². The van der Waals surface area contributed by atoms with Gasteiger partial charge < -0.3 is 14.0 Å². The summed E-state index contributed by atoms with van der Waals surface area (Å²) in [5.41, 5.74) is 0.644. The number of hydrogen-bond donors (Lipinski definition) is 0. The number of aromatic nitrogens is 2. The van der Waals surface area contributed by atoms with Crippen LogP contribution in [-0.4, -0.2) is 48.4 Å². The summed E-state index contributed by atoms with van der Waals surface area (Å²) in [6.07, 6.45) is -1.65. The molecule has 0 N–H and O–H groups in total. The minimum absolute atomic E-state index is 0.236. The zero-order valence-corrected chi connectivity index (χ0v) is 17.7. The molecule has 1 aliphatic rings. The Kier molecular flexibility index (Phi) is 6.64. The number of nitrogens with zero attached hydrogens (tertiary/aromatic N) is 3. The molecule has 0 atom stereocenters. The smallest absolute Gasteiger partial charge is 0.416 e. The fourth-order valence-corrected chi connectivity index (χ4v) is 3.65. The summed E-state index contributed by atoms with van der Waals surface area (Å²) in [6.45, 7) is 3.69.